The van der Waals surface area contributed by atoms with Crippen LogP contribution in [-0.4, -0.2) is 111 Å². The summed E-state index contributed by atoms with van der Waals surface area (Å²) in [6.45, 7) is -0.229. The number of anilines is 2. The number of azide groups is 1. The van der Waals surface area contributed by atoms with Crippen molar-refractivity contribution >= 4 is 45.8 Å². The highest BCUT2D eigenvalue weighted by molar-refractivity contribution is 6.07. The largest absolute Gasteiger partial charge is 0.387 e. The highest BCUT2D eigenvalue weighted by Gasteiger charge is 2.46. The number of rotatable bonds is 9. The third-order valence-electron chi connectivity index (χ3n) is 8.95. The van der Waals surface area contributed by atoms with Gasteiger partial charge in [-0.05, 0) is 29.8 Å². The summed E-state index contributed by atoms with van der Waals surface area (Å²) in [5.41, 5.74) is 15.8. The molecule has 2 amide bonds. The molecule has 6 aromatic rings. The number of imidazole rings is 2. The second-order valence-electron chi connectivity index (χ2n) is 12.4. The normalized spacial score (nSPS) is 23.9. The van der Waals surface area contributed by atoms with Crippen LogP contribution in [0.15, 0.2) is 91.1 Å². The van der Waals surface area contributed by atoms with E-state index in [2.05, 4.69) is 50.6 Å². The van der Waals surface area contributed by atoms with Crippen LogP contribution < -0.4 is 16.4 Å². The van der Waals surface area contributed by atoms with Crippen molar-refractivity contribution in [3.63, 3.8) is 0 Å². The van der Waals surface area contributed by atoms with Crippen molar-refractivity contribution in [2.24, 2.45) is 10.8 Å². The first-order chi connectivity index (χ1) is 27.2. The molecule has 2 fully saturated rings. The number of alkyl halides is 2. The summed E-state index contributed by atoms with van der Waals surface area (Å²) in [7, 11) is 0. The predicted molar refractivity (Wildman–Crippen MR) is 199 cm³/mol. The SMILES string of the molecule is C.NC[C@H]1O[C@@H](n2cnc3c(NC(=O)c4ccccc4)ncnc32)[C@H](F)[C@@H]1O.[N-]=[N+]=NC[C@H]1O[C@@H](n2cnc3c(NC(=O)c4ccccc4)ncnc32)[C@H](F)[C@@H]1O. The van der Waals surface area contributed by atoms with Gasteiger partial charge in [-0.25, -0.2) is 38.7 Å². The molecule has 2 aliphatic heterocycles. The van der Waals surface area contributed by atoms with Gasteiger partial charge in [-0.2, -0.15) is 0 Å². The molecule has 296 valence electrons. The molecule has 6 heterocycles. The molecule has 4 aromatic heterocycles. The minimum atomic E-state index is -1.79. The second-order valence-corrected chi connectivity index (χ2v) is 12.4. The number of aliphatic hydroxyl groups excluding tert-OH is 2. The van der Waals surface area contributed by atoms with Crippen LogP contribution in [0.4, 0.5) is 20.4 Å². The zero-order valence-corrected chi connectivity index (χ0v) is 28.9. The Morgan fingerprint density at radius 2 is 1.19 bits per heavy atom. The van der Waals surface area contributed by atoms with Crippen molar-refractivity contribution in [3.05, 3.63) is 108 Å². The van der Waals surface area contributed by atoms with Gasteiger partial charge in [0.25, 0.3) is 11.8 Å². The minimum Gasteiger partial charge on any atom is -0.387 e. The third kappa shape index (κ3) is 8.07. The predicted octanol–water partition coefficient (Wildman–Crippen LogP) is 3.26. The molecule has 2 saturated heterocycles. The van der Waals surface area contributed by atoms with E-state index in [1.54, 1.807) is 60.7 Å². The Labute approximate surface area is 321 Å². The zero-order chi connectivity index (χ0) is 39.3. The van der Waals surface area contributed by atoms with Gasteiger partial charge >= 0.3 is 0 Å². The quantitative estimate of drug-likeness (QED) is 0.0801. The lowest BCUT2D eigenvalue weighted by Crippen LogP contribution is -2.33. The van der Waals surface area contributed by atoms with E-state index in [1.165, 1.54) is 34.4 Å². The highest BCUT2D eigenvalue weighted by atomic mass is 19.1. The number of aromatic nitrogens is 8. The summed E-state index contributed by atoms with van der Waals surface area (Å²) in [5, 5.41) is 28.6. The van der Waals surface area contributed by atoms with Gasteiger partial charge in [0.15, 0.2) is 58.8 Å². The van der Waals surface area contributed by atoms with Crippen molar-refractivity contribution in [1.82, 2.24) is 39.0 Å². The van der Waals surface area contributed by atoms with Gasteiger partial charge in [-0.15, -0.1) is 0 Å². The molecule has 0 aliphatic carbocycles. The van der Waals surface area contributed by atoms with Crippen LogP contribution in [0.3, 0.4) is 0 Å². The molecule has 22 heteroatoms. The van der Waals surface area contributed by atoms with E-state index in [0.29, 0.717) is 11.1 Å². The molecule has 57 heavy (non-hydrogen) atoms. The number of aliphatic hydroxyl groups is 2. The van der Waals surface area contributed by atoms with Crippen molar-refractivity contribution in [2.45, 2.75) is 56.6 Å². The number of carbonyl (C=O) groups excluding carboxylic acids is 2. The van der Waals surface area contributed by atoms with E-state index in [1.807, 2.05) is 0 Å². The summed E-state index contributed by atoms with van der Waals surface area (Å²) in [6.07, 6.45) is -5.37. The fourth-order valence-electron chi connectivity index (χ4n) is 6.12. The van der Waals surface area contributed by atoms with Crippen LogP contribution >= 0.6 is 0 Å². The number of nitrogens with zero attached hydrogens (tertiary/aromatic N) is 11. The first-order valence-corrected chi connectivity index (χ1v) is 16.9. The van der Waals surface area contributed by atoms with Gasteiger partial charge in [0, 0.05) is 22.6 Å². The van der Waals surface area contributed by atoms with Crippen LogP contribution in [0.25, 0.3) is 32.8 Å². The Kier molecular flexibility index (Phi) is 12.3. The summed E-state index contributed by atoms with van der Waals surface area (Å²) in [5.74, 6) is -0.395. The highest BCUT2D eigenvalue weighted by Crippen LogP contribution is 2.35. The number of halogens is 2. The van der Waals surface area contributed by atoms with Crippen molar-refractivity contribution < 1.29 is 38.1 Å². The number of hydrogen-bond donors (Lipinski definition) is 5. The molecule has 8 atom stereocenters. The summed E-state index contributed by atoms with van der Waals surface area (Å²) < 4.78 is 42.7. The first kappa shape index (κ1) is 40.1. The smallest absolute Gasteiger partial charge is 0.256 e. The molecule has 0 spiro atoms. The molecule has 0 radical (unpaired) electrons. The van der Waals surface area contributed by atoms with E-state index in [0.717, 1.165) is 0 Å². The number of hydrogen-bond acceptors (Lipinski definition) is 14. The molecular weight excluding hydrogens is 750 g/mol. The molecule has 6 N–H and O–H groups in total. The summed E-state index contributed by atoms with van der Waals surface area (Å²) in [4.78, 5) is 52.0. The van der Waals surface area contributed by atoms with E-state index >= 15 is 0 Å². The Morgan fingerprint density at radius 1 is 0.754 bits per heavy atom. The van der Waals surface area contributed by atoms with Crippen LogP contribution in [0.5, 0.6) is 0 Å². The van der Waals surface area contributed by atoms with Crippen molar-refractivity contribution in [3.8, 4) is 0 Å². The molecule has 20 nitrogen and oxygen atoms in total. The Morgan fingerprint density at radius 3 is 1.61 bits per heavy atom. The van der Waals surface area contributed by atoms with E-state index in [9.17, 15) is 28.6 Å². The van der Waals surface area contributed by atoms with E-state index in [4.69, 9.17) is 20.7 Å². The average Bonchev–Trinajstić information content (AvgIpc) is 3.99. The maximum atomic E-state index is 14.6. The van der Waals surface area contributed by atoms with Gasteiger partial charge < -0.3 is 36.1 Å². The second kappa shape index (κ2) is 17.5. The lowest BCUT2D eigenvalue weighted by molar-refractivity contribution is -0.0180. The van der Waals surface area contributed by atoms with Gasteiger partial charge in [0.05, 0.1) is 25.3 Å². The van der Waals surface area contributed by atoms with E-state index in [-0.39, 0.29) is 66.3 Å². The molecular formula is C35H36F2N14O6. The maximum Gasteiger partial charge on any atom is 0.256 e. The number of fused-ring (bicyclic) bond motifs is 2. The van der Waals surface area contributed by atoms with Gasteiger partial charge in [-0.3, -0.25) is 18.7 Å². The lowest BCUT2D eigenvalue weighted by atomic mass is 10.1. The van der Waals surface area contributed by atoms with Crippen molar-refractivity contribution in [1.29, 1.82) is 0 Å². The number of amides is 2. The maximum absolute atomic E-state index is 14.6. The fraction of sp³-hybridized carbons (Fsp3) is 0.314. The number of nitrogens with two attached hydrogens (primary N) is 1. The third-order valence-corrected chi connectivity index (χ3v) is 8.95. The first-order valence-electron chi connectivity index (χ1n) is 16.9. The van der Waals surface area contributed by atoms with Crippen LogP contribution in [0.1, 0.15) is 40.6 Å². The Bertz CT molecular complexity index is 2380. The Hall–Kier alpha value is -6.55. The van der Waals surface area contributed by atoms with Crippen LogP contribution in [0.2, 0.25) is 0 Å². The minimum absolute atomic E-state index is 0. The topological polar surface area (TPSA) is 279 Å². The van der Waals surface area contributed by atoms with Gasteiger partial charge in [0.1, 0.15) is 31.0 Å². The lowest BCUT2D eigenvalue weighted by Gasteiger charge is -2.15. The number of ether oxygens (including phenoxy) is 2. The van der Waals surface area contributed by atoms with Gasteiger partial charge in [0.2, 0.25) is 0 Å². The van der Waals surface area contributed by atoms with Crippen molar-refractivity contribution in [2.75, 3.05) is 23.7 Å². The molecule has 2 aliphatic rings. The number of carbonyl (C=O) groups is 2. The molecule has 0 bridgehead atoms. The fourth-order valence-corrected chi connectivity index (χ4v) is 6.12. The summed E-state index contributed by atoms with van der Waals surface area (Å²) >= 11 is 0. The number of benzene rings is 2. The van der Waals surface area contributed by atoms with Crippen LogP contribution in [0, 0.1) is 0 Å². The molecule has 0 unspecified atom stereocenters. The molecule has 0 saturated carbocycles. The van der Waals surface area contributed by atoms with Gasteiger partial charge in [-0.1, -0.05) is 48.9 Å². The summed E-state index contributed by atoms with van der Waals surface area (Å²) in [6, 6.07) is 17.2. The van der Waals surface area contributed by atoms with Crippen LogP contribution in [-0.2, 0) is 9.47 Å². The standard InChI is InChI=1S/C17H15FN8O3.C17H17FN6O3.CH4/c18-11-13(27)10(6-23-25-19)29-17(11)26-8-22-12-14(20-7-21-15(12)26)24-16(28)9-4-2-1-3-5-9;18-11-13(25)10(6-19)27-17(11)24-8-22-12-14(20-7-21-15(12)24)23-16(26)9-4-2-1-3-5-9;/h1-5,7-8,10-11,13,17,27H,6H2,(H,20,21,24,28);1-5,7-8,10-11,13,17,25H,6,19H2,(H,20,21,23,26);1H4/t2*10-,11-,13-,17-;/m11./s1. The monoisotopic (exact) mass is 786 g/mol. The molecule has 2 aromatic carbocycles. The Balaban J connectivity index is 0.000000190. The number of nitrogens with one attached hydrogen (secondary N) is 2. The zero-order valence-electron chi connectivity index (χ0n) is 28.9. The average molecular weight is 787 g/mol. The molecule has 8 rings (SSSR count). The van der Waals surface area contributed by atoms with E-state index < -0.39 is 49.2 Å².